The van der Waals surface area contributed by atoms with Gasteiger partial charge >= 0.3 is 5.97 Å². The molecular weight excluding hydrogens is 308 g/mol. The summed E-state index contributed by atoms with van der Waals surface area (Å²) in [6.07, 6.45) is 1.27. The molecule has 0 fully saturated rings. The minimum atomic E-state index is -0.543. The lowest BCUT2D eigenvalue weighted by molar-refractivity contribution is -0.138. The second-order valence-corrected chi connectivity index (χ2v) is 5.59. The van der Waals surface area contributed by atoms with Crippen LogP contribution in [0.15, 0.2) is 51.9 Å². The van der Waals surface area contributed by atoms with Gasteiger partial charge in [-0.15, -0.1) is 0 Å². The molecule has 2 aromatic heterocycles. The predicted octanol–water partition coefficient (Wildman–Crippen LogP) is 3.33. The summed E-state index contributed by atoms with van der Waals surface area (Å²) >= 11 is 0. The monoisotopic (exact) mass is 322 g/mol. The molecule has 0 amide bonds. The first-order valence-corrected chi connectivity index (χ1v) is 7.43. The van der Waals surface area contributed by atoms with Crippen molar-refractivity contribution in [3.8, 4) is 0 Å². The van der Waals surface area contributed by atoms with Crippen LogP contribution >= 0.6 is 0 Å². The molecule has 0 radical (unpaired) electrons. The molecule has 120 valence electrons. The zero-order chi connectivity index (χ0) is 16.8. The van der Waals surface area contributed by atoms with E-state index < -0.39 is 5.97 Å². The minimum Gasteiger partial charge on any atom is -0.461 e. The minimum absolute atomic E-state index is 0.0808. The number of carbonyl (C=O) groups excluding carboxylic acids is 1. The molecule has 2 heterocycles. The van der Waals surface area contributed by atoms with E-state index in [2.05, 4.69) is 14.9 Å². The summed E-state index contributed by atoms with van der Waals surface area (Å²) in [6.45, 7) is 1.25. The Morgan fingerprint density at radius 3 is 2.71 bits per heavy atom. The Kier molecular flexibility index (Phi) is 3.06. The van der Waals surface area contributed by atoms with Crippen molar-refractivity contribution in [3.05, 3.63) is 52.9 Å². The number of hydrogen-bond donors (Lipinski definition) is 1. The van der Waals surface area contributed by atoms with Crippen LogP contribution in [-0.2, 0) is 16.7 Å². The predicted molar refractivity (Wildman–Crippen MR) is 91.9 cm³/mol. The first kappa shape index (κ1) is 14.3. The van der Waals surface area contributed by atoms with E-state index in [1.807, 2.05) is 37.4 Å². The van der Waals surface area contributed by atoms with Crippen LogP contribution in [0, 0.1) is 0 Å². The number of para-hydroxylation sites is 1. The fourth-order valence-electron chi connectivity index (χ4n) is 3.03. The van der Waals surface area contributed by atoms with Crippen LogP contribution in [0.4, 0.5) is 5.69 Å². The highest BCUT2D eigenvalue weighted by Gasteiger charge is 2.15. The van der Waals surface area contributed by atoms with Gasteiger partial charge in [-0.1, -0.05) is 18.2 Å². The van der Waals surface area contributed by atoms with Crippen LogP contribution in [0.5, 0.6) is 0 Å². The zero-order valence-electron chi connectivity index (χ0n) is 13.1. The van der Waals surface area contributed by atoms with Crippen molar-refractivity contribution in [1.82, 2.24) is 4.57 Å². The summed E-state index contributed by atoms with van der Waals surface area (Å²) in [7, 11) is 1.98. The number of nitrogens with one attached hydrogen (secondary N) is 1. The van der Waals surface area contributed by atoms with E-state index in [1.54, 1.807) is 6.07 Å². The van der Waals surface area contributed by atoms with E-state index in [9.17, 15) is 9.59 Å². The number of rotatable bonds is 2. The third-order valence-corrected chi connectivity index (χ3v) is 4.12. The van der Waals surface area contributed by atoms with E-state index in [0.717, 1.165) is 21.8 Å². The van der Waals surface area contributed by atoms with E-state index in [0.29, 0.717) is 11.0 Å². The van der Waals surface area contributed by atoms with Crippen LogP contribution in [0.3, 0.4) is 0 Å². The molecule has 4 rings (SSSR count). The molecule has 2 aromatic carbocycles. The maximum atomic E-state index is 12.6. The smallest absolute Gasteiger partial charge is 0.329 e. The Morgan fingerprint density at radius 1 is 1.12 bits per heavy atom. The number of fused-ring (bicyclic) bond motifs is 5. The van der Waals surface area contributed by atoms with Crippen LogP contribution in [0.25, 0.3) is 32.8 Å². The highest BCUT2D eigenvalue weighted by Crippen LogP contribution is 2.33. The normalized spacial score (nSPS) is 11.2. The van der Waals surface area contributed by atoms with Gasteiger partial charge in [0.05, 0.1) is 16.3 Å². The fraction of sp³-hybridized carbons (Fsp3) is 0.111. The van der Waals surface area contributed by atoms with Gasteiger partial charge in [0.15, 0.2) is 5.69 Å². The Bertz CT molecular complexity index is 1170. The zero-order valence-corrected chi connectivity index (χ0v) is 13.1. The lowest BCUT2D eigenvalue weighted by Gasteiger charge is -2.05. The average Bonchev–Trinajstić information content (AvgIpc) is 2.88. The van der Waals surface area contributed by atoms with Crippen LogP contribution in [0.2, 0.25) is 0 Å². The van der Waals surface area contributed by atoms with E-state index >= 15 is 0 Å². The topological polar surface area (TPSA) is 73.5 Å². The Hall–Kier alpha value is -3.28. The molecule has 0 saturated heterocycles. The SMILES string of the molecule is CC(=O)ONc1coc2c(ccc3c2c2ccccc2n3C)c1=O. The summed E-state index contributed by atoms with van der Waals surface area (Å²) in [5, 5.41) is 2.34. The Balaban J connectivity index is 2.06. The average molecular weight is 322 g/mol. The van der Waals surface area contributed by atoms with Crippen molar-refractivity contribution in [2.24, 2.45) is 7.05 Å². The van der Waals surface area contributed by atoms with Crippen LogP contribution < -0.4 is 10.9 Å². The van der Waals surface area contributed by atoms with Crippen molar-refractivity contribution < 1.29 is 14.0 Å². The van der Waals surface area contributed by atoms with Gasteiger partial charge in [0.25, 0.3) is 0 Å². The van der Waals surface area contributed by atoms with Crippen molar-refractivity contribution >= 4 is 44.4 Å². The molecule has 24 heavy (non-hydrogen) atoms. The number of hydrogen-bond acceptors (Lipinski definition) is 5. The number of nitrogens with zero attached hydrogens (tertiary/aromatic N) is 1. The maximum Gasteiger partial charge on any atom is 0.329 e. The van der Waals surface area contributed by atoms with Crippen molar-refractivity contribution in [2.75, 3.05) is 5.48 Å². The number of carbonyl (C=O) groups is 1. The van der Waals surface area contributed by atoms with Crippen molar-refractivity contribution in [3.63, 3.8) is 0 Å². The van der Waals surface area contributed by atoms with Crippen molar-refractivity contribution in [2.45, 2.75) is 6.92 Å². The highest BCUT2D eigenvalue weighted by molar-refractivity contribution is 6.18. The van der Waals surface area contributed by atoms with Gasteiger partial charge in [0.2, 0.25) is 5.43 Å². The maximum absolute atomic E-state index is 12.6. The van der Waals surface area contributed by atoms with E-state index in [-0.39, 0.29) is 11.1 Å². The summed E-state index contributed by atoms with van der Waals surface area (Å²) in [6, 6.07) is 11.6. The third kappa shape index (κ3) is 1.96. The molecule has 6 nitrogen and oxygen atoms in total. The number of aryl methyl sites for hydroxylation is 1. The lowest BCUT2D eigenvalue weighted by atomic mass is 10.1. The van der Waals surface area contributed by atoms with Crippen LogP contribution in [-0.4, -0.2) is 10.5 Å². The summed E-state index contributed by atoms with van der Waals surface area (Å²) in [4.78, 5) is 28.2. The van der Waals surface area contributed by atoms with Gasteiger partial charge in [-0.3, -0.25) is 9.59 Å². The van der Waals surface area contributed by atoms with Crippen LogP contribution in [0.1, 0.15) is 6.92 Å². The van der Waals surface area contributed by atoms with Gasteiger partial charge in [-0.2, -0.15) is 0 Å². The van der Waals surface area contributed by atoms with E-state index in [4.69, 9.17) is 4.42 Å². The fourth-order valence-corrected chi connectivity index (χ4v) is 3.03. The quantitative estimate of drug-likeness (QED) is 0.573. The molecule has 0 atom stereocenters. The Morgan fingerprint density at radius 2 is 1.92 bits per heavy atom. The number of aromatic nitrogens is 1. The molecule has 0 aliphatic carbocycles. The number of anilines is 1. The molecule has 1 N–H and O–H groups in total. The van der Waals surface area contributed by atoms with Gasteiger partial charge in [0.1, 0.15) is 11.8 Å². The Labute approximate surface area is 136 Å². The van der Waals surface area contributed by atoms with E-state index in [1.165, 1.54) is 13.2 Å². The molecular formula is C18H14N2O4. The molecule has 6 heteroatoms. The molecule has 4 aromatic rings. The van der Waals surface area contributed by atoms with Gasteiger partial charge in [-0.25, -0.2) is 5.48 Å². The second kappa shape index (κ2) is 5.13. The van der Waals surface area contributed by atoms with Gasteiger partial charge in [-0.05, 0) is 18.2 Å². The highest BCUT2D eigenvalue weighted by atomic mass is 16.7. The second-order valence-electron chi connectivity index (χ2n) is 5.59. The molecule has 0 bridgehead atoms. The first-order valence-electron chi connectivity index (χ1n) is 7.43. The summed E-state index contributed by atoms with van der Waals surface area (Å²) in [5.41, 5.74) is 4.69. The summed E-state index contributed by atoms with van der Waals surface area (Å²) in [5.74, 6) is -0.543. The molecule has 0 spiro atoms. The molecule has 0 aliphatic heterocycles. The molecule has 0 unspecified atom stereocenters. The first-order chi connectivity index (χ1) is 11.6. The number of benzene rings is 2. The largest absolute Gasteiger partial charge is 0.461 e. The summed E-state index contributed by atoms with van der Waals surface area (Å²) < 4.78 is 7.79. The van der Waals surface area contributed by atoms with Crippen molar-refractivity contribution in [1.29, 1.82) is 0 Å². The third-order valence-electron chi connectivity index (χ3n) is 4.12. The molecule has 0 saturated carbocycles. The standard InChI is InChI=1S/C18H14N2O4/c1-10(21)24-19-13-9-23-18-12(17(13)22)7-8-15-16(18)11-5-3-4-6-14(11)20(15)2/h3-9,19H,1-2H3. The molecule has 0 aliphatic rings. The van der Waals surface area contributed by atoms with Gasteiger partial charge < -0.3 is 13.8 Å². The lowest BCUT2D eigenvalue weighted by Crippen LogP contribution is -2.14. The van der Waals surface area contributed by atoms with Gasteiger partial charge in [0, 0.05) is 24.9 Å².